The highest BCUT2D eigenvalue weighted by Gasteiger charge is 2.25. The molecule has 1 aromatic carbocycles. The minimum absolute atomic E-state index is 0.153. The zero-order valence-corrected chi connectivity index (χ0v) is 9.84. The predicted octanol–water partition coefficient (Wildman–Crippen LogP) is 1.62. The van der Waals surface area contributed by atoms with Crippen molar-refractivity contribution in [3.63, 3.8) is 0 Å². The first-order valence-corrected chi connectivity index (χ1v) is 5.07. The molecular weight excluding hydrogens is 246 g/mol. The van der Waals surface area contributed by atoms with E-state index in [9.17, 15) is 5.11 Å². The van der Waals surface area contributed by atoms with E-state index in [4.69, 9.17) is 10.5 Å². The first kappa shape index (κ1) is 11.5. The van der Waals surface area contributed by atoms with Crippen LogP contribution in [0.15, 0.2) is 22.7 Å². The second kappa shape index (κ2) is 4.29. The van der Waals surface area contributed by atoms with Crippen LogP contribution in [0.25, 0.3) is 0 Å². The molecular formula is C10H14BrNO2. The molecule has 0 bridgehead atoms. The molecule has 0 heterocycles. The molecule has 0 radical (unpaired) electrons. The molecule has 1 atom stereocenters. The Bertz CT molecular complexity index is 326. The molecule has 0 saturated heterocycles. The van der Waals surface area contributed by atoms with E-state index in [1.807, 2.05) is 12.1 Å². The van der Waals surface area contributed by atoms with E-state index < -0.39 is 5.60 Å². The van der Waals surface area contributed by atoms with Gasteiger partial charge < -0.3 is 15.6 Å². The highest BCUT2D eigenvalue weighted by molar-refractivity contribution is 9.10. The van der Waals surface area contributed by atoms with Crippen LogP contribution in [0.1, 0.15) is 12.5 Å². The summed E-state index contributed by atoms with van der Waals surface area (Å²) in [6.07, 6.45) is 0. The normalized spacial score (nSPS) is 14.9. The highest BCUT2D eigenvalue weighted by Crippen LogP contribution is 2.31. The van der Waals surface area contributed by atoms with E-state index in [0.717, 1.165) is 4.47 Å². The molecule has 0 aliphatic rings. The lowest BCUT2D eigenvalue weighted by atomic mass is 9.95. The summed E-state index contributed by atoms with van der Waals surface area (Å²) in [4.78, 5) is 0. The summed E-state index contributed by atoms with van der Waals surface area (Å²) in [5, 5.41) is 10.0. The first-order chi connectivity index (χ1) is 6.51. The maximum absolute atomic E-state index is 10.0. The molecule has 0 unspecified atom stereocenters. The summed E-state index contributed by atoms with van der Waals surface area (Å²) in [7, 11) is 1.57. The third kappa shape index (κ3) is 2.26. The molecule has 0 spiro atoms. The monoisotopic (exact) mass is 259 g/mol. The summed E-state index contributed by atoms with van der Waals surface area (Å²) >= 11 is 3.34. The van der Waals surface area contributed by atoms with E-state index in [0.29, 0.717) is 11.3 Å². The third-order valence-electron chi connectivity index (χ3n) is 2.14. The maximum Gasteiger partial charge on any atom is 0.125 e. The van der Waals surface area contributed by atoms with E-state index in [1.54, 1.807) is 20.1 Å². The van der Waals surface area contributed by atoms with E-state index in [1.165, 1.54) is 0 Å². The molecule has 0 saturated carbocycles. The molecule has 0 amide bonds. The Labute approximate surface area is 92.0 Å². The number of methoxy groups -OCH3 is 1. The van der Waals surface area contributed by atoms with Gasteiger partial charge in [-0.3, -0.25) is 0 Å². The second-order valence-electron chi connectivity index (χ2n) is 3.32. The standard InChI is InChI=1S/C10H14BrNO2/c1-10(13,6-12)8-5-7(11)3-4-9(8)14-2/h3-5,13H,6,12H2,1-2H3/t10-/m1/s1. The average Bonchev–Trinajstić information content (AvgIpc) is 2.18. The SMILES string of the molecule is COc1ccc(Br)cc1[C@](C)(O)CN. The number of ether oxygens (including phenoxy) is 1. The summed E-state index contributed by atoms with van der Waals surface area (Å²) in [6.45, 7) is 1.82. The van der Waals surface area contributed by atoms with Crippen molar-refractivity contribution in [3.8, 4) is 5.75 Å². The number of halogens is 1. The summed E-state index contributed by atoms with van der Waals surface area (Å²) in [5.41, 5.74) is 5.12. The van der Waals surface area contributed by atoms with Gasteiger partial charge in [0.15, 0.2) is 0 Å². The van der Waals surface area contributed by atoms with Gasteiger partial charge in [0.05, 0.1) is 7.11 Å². The number of aliphatic hydroxyl groups is 1. The molecule has 0 fully saturated rings. The summed E-state index contributed by atoms with van der Waals surface area (Å²) < 4.78 is 6.04. The Kier molecular flexibility index (Phi) is 3.53. The topological polar surface area (TPSA) is 55.5 Å². The van der Waals surface area contributed by atoms with Gasteiger partial charge in [-0.2, -0.15) is 0 Å². The van der Waals surface area contributed by atoms with Crippen LogP contribution in [0.5, 0.6) is 5.75 Å². The number of nitrogens with two attached hydrogens (primary N) is 1. The van der Waals surface area contributed by atoms with Crippen LogP contribution in [-0.2, 0) is 5.60 Å². The molecule has 3 nitrogen and oxygen atoms in total. The predicted molar refractivity (Wildman–Crippen MR) is 59.3 cm³/mol. The van der Waals surface area contributed by atoms with E-state index >= 15 is 0 Å². The van der Waals surface area contributed by atoms with Crippen molar-refractivity contribution in [1.29, 1.82) is 0 Å². The highest BCUT2D eigenvalue weighted by atomic mass is 79.9. The minimum atomic E-state index is -1.06. The lowest BCUT2D eigenvalue weighted by Crippen LogP contribution is -2.31. The lowest BCUT2D eigenvalue weighted by molar-refractivity contribution is 0.0640. The van der Waals surface area contributed by atoms with Gasteiger partial charge in [0.1, 0.15) is 11.4 Å². The van der Waals surface area contributed by atoms with Gasteiger partial charge in [0.2, 0.25) is 0 Å². The molecule has 0 aliphatic carbocycles. The van der Waals surface area contributed by atoms with Crippen molar-refractivity contribution in [3.05, 3.63) is 28.2 Å². The van der Waals surface area contributed by atoms with Crippen LogP contribution in [0.2, 0.25) is 0 Å². The van der Waals surface area contributed by atoms with Crippen LogP contribution in [0.4, 0.5) is 0 Å². The Morgan fingerprint density at radius 1 is 1.57 bits per heavy atom. The number of benzene rings is 1. The lowest BCUT2D eigenvalue weighted by Gasteiger charge is -2.24. The summed E-state index contributed by atoms with van der Waals surface area (Å²) in [5.74, 6) is 0.642. The first-order valence-electron chi connectivity index (χ1n) is 4.27. The molecule has 4 heteroatoms. The molecule has 14 heavy (non-hydrogen) atoms. The van der Waals surface area contributed by atoms with Gasteiger partial charge in [-0.05, 0) is 25.1 Å². The molecule has 1 aromatic rings. The molecule has 3 N–H and O–H groups in total. The summed E-state index contributed by atoms with van der Waals surface area (Å²) in [6, 6.07) is 5.46. The Morgan fingerprint density at radius 2 is 2.21 bits per heavy atom. The Morgan fingerprint density at radius 3 is 2.71 bits per heavy atom. The zero-order chi connectivity index (χ0) is 10.8. The third-order valence-corrected chi connectivity index (χ3v) is 2.63. The zero-order valence-electron chi connectivity index (χ0n) is 8.25. The number of hydrogen-bond acceptors (Lipinski definition) is 3. The number of rotatable bonds is 3. The van der Waals surface area contributed by atoms with Crippen LogP contribution in [-0.4, -0.2) is 18.8 Å². The van der Waals surface area contributed by atoms with Crippen molar-refractivity contribution >= 4 is 15.9 Å². The van der Waals surface area contributed by atoms with Crippen LogP contribution >= 0.6 is 15.9 Å². The van der Waals surface area contributed by atoms with Crippen LogP contribution in [0, 0.1) is 0 Å². The van der Waals surface area contributed by atoms with Gasteiger partial charge in [0.25, 0.3) is 0 Å². The minimum Gasteiger partial charge on any atom is -0.496 e. The van der Waals surface area contributed by atoms with Crippen LogP contribution in [0.3, 0.4) is 0 Å². The molecule has 78 valence electrons. The van der Waals surface area contributed by atoms with Gasteiger partial charge in [-0.25, -0.2) is 0 Å². The van der Waals surface area contributed by atoms with Crippen molar-refractivity contribution in [1.82, 2.24) is 0 Å². The van der Waals surface area contributed by atoms with Gasteiger partial charge >= 0.3 is 0 Å². The fraction of sp³-hybridized carbons (Fsp3) is 0.400. The fourth-order valence-electron chi connectivity index (χ4n) is 1.21. The Balaban J connectivity index is 3.23. The second-order valence-corrected chi connectivity index (χ2v) is 4.24. The number of hydrogen-bond donors (Lipinski definition) is 2. The van der Waals surface area contributed by atoms with Crippen LogP contribution < -0.4 is 10.5 Å². The molecule has 0 aliphatic heterocycles. The maximum atomic E-state index is 10.0. The van der Waals surface area contributed by atoms with E-state index in [-0.39, 0.29) is 6.54 Å². The van der Waals surface area contributed by atoms with Crippen molar-refractivity contribution in [2.45, 2.75) is 12.5 Å². The fourth-order valence-corrected chi connectivity index (χ4v) is 1.57. The Hall–Kier alpha value is -0.580. The van der Waals surface area contributed by atoms with Crippen molar-refractivity contribution < 1.29 is 9.84 Å². The average molecular weight is 260 g/mol. The van der Waals surface area contributed by atoms with Crippen molar-refractivity contribution in [2.75, 3.05) is 13.7 Å². The molecule has 1 rings (SSSR count). The smallest absolute Gasteiger partial charge is 0.125 e. The largest absolute Gasteiger partial charge is 0.496 e. The van der Waals surface area contributed by atoms with Crippen molar-refractivity contribution in [2.24, 2.45) is 5.73 Å². The van der Waals surface area contributed by atoms with Gasteiger partial charge in [-0.15, -0.1) is 0 Å². The van der Waals surface area contributed by atoms with E-state index in [2.05, 4.69) is 15.9 Å². The quantitative estimate of drug-likeness (QED) is 0.868. The van der Waals surface area contributed by atoms with Gasteiger partial charge in [-0.1, -0.05) is 15.9 Å². The molecule has 0 aromatic heterocycles. The van der Waals surface area contributed by atoms with Gasteiger partial charge in [0, 0.05) is 16.6 Å².